The van der Waals surface area contributed by atoms with Crippen LogP contribution in [0.1, 0.15) is 31.2 Å². The summed E-state index contributed by atoms with van der Waals surface area (Å²) in [6.07, 6.45) is 6.38. The number of aryl methyl sites for hydroxylation is 1. The first-order chi connectivity index (χ1) is 10.3. The third kappa shape index (κ3) is 4.18. The smallest absolute Gasteiger partial charge is 0.226 e. The van der Waals surface area contributed by atoms with E-state index < -0.39 is 0 Å². The number of allylic oxidation sites excluding steroid dienone is 1. The predicted molar refractivity (Wildman–Crippen MR) is 84.9 cm³/mol. The lowest BCUT2D eigenvalue weighted by Crippen LogP contribution is -2.36. The van der Waals surface area contributed by atoms with Crippen molar-refractivity contribution in [2.45, 2.75) is 38.1 Å². The lowest BCUT2D eigenvalue weighted by molar-refractivity contribution is -0.132. The van der Waals surface area contributed by atoms with Gasteiger partial charge in [0.15, 0.2) is 0 Å². The molecule has 0 saturated carbocycles. The van der Waals surface area contributed by atoms with E-state index in [9.17, 15) is 9.90 Å². The molecule has 3 nitrogen and oxygen atoms in total. The van der Waals surface area contributed by atoms with Gasteiger partial charge in [-0.15, -0.1) is 6.58 Å². The van der Waals surface area contributed by atoms with Crippen molar-refractivity contribution in [3.63, 3.8) is 0 Å². The molecule has 21 heavy (non-hydrogen) atoms. The number of hydrogen-bond donors (Lipinski definition) is 1. The topological polar surface area (TPSA) is 40.5 Å². The Bertz CT molecular complexity index is 458. The number of carbonyl (C=O) groups excluding carboxylic acids is 1. The van der Waals surface area contributed by atoms with Gasteiger partial charge in [0.1, 0.15) is 0 Å². The predicted octanol–water partition coefficient (Wildman–Crippen LogP) is 2.79. The summed E-state index contributed by atoms with van der Waals surface area (Å²) in [5.41, 5.74) is 1.34. The second kappa shape index (κ2) is 7.99. The van der Waals surface area contributed by atoms with Crippen LogP contribution in [0.5, 0.6) is 0 Å². The minimum absolute atomic E-state index is 0.000764. The number of nitrogens with zero attached hydrogens (tertiary/aromatic N) is 1. The molecule has 0 bridgehead atoms. The first kappa shape index (κ1) is 15.8. The Morgan fingerprint density at radius 1 is 1.29 bits per heavy atom. The first-order valence-corrected chi connectivity index (χ1v) is 7.82. The maximum atomic E-state index is 12.3. The minimum atomic E-state index is -0.000764. The molecule has 2 rings (SSSR count). The van der Waals surface area contributed by atoms with Gasteiger partial charge in [0.05, 0.1) is 12.6 Å². The number of likely N-dealkylation sites (tertiary alicyclic amines) is 1. The Hall–Kier alpha value is -1.61. The second-order valence-electron chi connectivity index (χ2n) is 5.77. The number of benzene rings is 1. The van der Waals surface area contributed by atoms with E-state index >= 15 is 0 Å². The van der Waals surface area contributed by atoms with E-state index in [1.54, 1.807) is 6.08 Å². The Labute approximate surface area is 127 Å². The Morgan fingerprint density at radius 2 is 2.05 bits per heavy atom. The molecule has 1 aliphatic rings. The van der Waals surface area contributed by atoms with Crippen molar-refractivity contribution in [3.05, 3.63) is 48.6 Å². The fraction of sp³-hybridized carbons (Fsp3) is 0.500. The highest BCUT2D eigenvalue weighted by molar-refractivity contribution is 5.81. The summed E-state index contributed by atoms with van der Waals surface area (Å²) in [6, 6.07) is 10.4. The van der Waals surface area contributed by atoms with E-state index in [1.807, 2.05) is 11.0 Å². The van der Waals surface area contributed by atoms with Gasteiger partial charge in [-0.3, -0.25) is 4.79 Å². The average molecular weight is 287 g/mol. The van der Waals surface area contributed by atoms with Gasteiger partial charge in [-0.05, 0) is 37.7 Å². The summed E-state index contributed by atoms with van der Waals surface area (Å²) in [5, 5.41) is 9.46. The summed E-state index contributed by atoms with van der Waals surface area (Å²) in [6.45, 7) is 4.53. The van der Waals surface area contributed by atoms with Crippen molar-refractivity contribution in [3.8, 4) is 0 Å². The lowest BCUT2D eigenvalue weighted by atomic mass is 10.0. The molecule has 1 heterocycles. The van der Waals surface area contributed by atoms with Gasteiger partial charge in [0.2, 0.25) is 5.91 Å². The molecule has 3 heteroatoms. The molecule has 0 unspecified atom stereocenters. The van der Waals surface area contributed by atoms with Crippen LogP contribution in [0.2, 0.25) is 0 Å². The highest BCUT2D eigenvalue weighted by Gasteiger charge is 2.37. The third-order valence-corrected chi connectivity index (χ3v) is 4.25. The molecule has 1 fully saturated rings. The third-order valence-electron chi connectivity index (χ3n) is 4.25. The van der Waals surface area contributed by atoms with Crippen molar-refractivity contribution in [2.24, 2.45) is 5.92 Å². The monoisotopic (exact) mass is 287 g/mol. The standard InChI is InChI=1S/C18H25NO2/c1-2-8-16-13-17(14-20)19(18(16)21)12-7-6-11-15-9-4-3-5-10-15/h2-5,9-10,16-17,20H,1,6-8,11-14H2/t16-,17+/m1/s1. The van der Waals surface area contributed by atoms with E-state index in [0.29, 0.717) is 0 Å². The molecule has 1 aromatic carbocycles. The van der Waals surface area contributed by atoms with Crippen LogP contribution >= 0.6 is 0 Å². The van der Waals surface area contributed by atoms with E-state index in [1.165, 1.54) is 5.56 Å². The van der Waals surface area contributed by atoms with Crippen LogP contribution in [0.3, 0.4) is 0 Å². The van der Waals surface area contributed by atoms with Gasteiger partial charge < -0.3 is 10.0 Å². The van der Waals surface area contributed by atoms with E-state index in [0.717, 1.165) is 38.6 Å². The maximum Gasteiger partial charge on any atom is 0.226 e. The number of aliphatic hydroxyl groups excluding tert-OH is 1. The van der Waals surface area contributed by atoms with Gasteiger partial charge in [-0.25, -0.2) is 0 Å². The first-order valence-electron chi connectivity index (χ1n) is 7.82. The molecule has 0 aromatic heterocycles. The van der Waals surface area contributed by atoms with Gasteiger partial charge in [0.25, 0.3) is 0 Å². The van der Waals surface area contributed by atoms with Crippen molar-refractivity contribution in [1.29, 1.82) is 0 Å². The minimum Gasteiger partial charge on any atom is -0.394 e. The highest BCUT2D eigenvalue weighted by atomic mass is 16.3. The summed E-state index contributed by atoms with van der Waals surface area (Å²) < 4.78 is 0. The summed E-state index contributed by atoms with van der Waals surface area (Å²) in [7, 11) is 0. The fourth-order valence-corrected chi connectivity index (χ4v) is 3.09. The molecule has 0 spiro atoms. The SMILES string of the molecule is C=CC[C@@H]1C[C@@H](CO)N(CCCCc2ccccc2)C1=O. The molecule has 2 atom stereocenters. The summed E-state index contributed by atoms with van der Waals surface area (Å²) >= 11 is 0. The van der Waals surface area contributed by atoms with Crippen LogP contribution in [-0.2, 0) is 11.2 Å². The van der Waals surface area contributed by atoms with Crippen LogP contribution in [0.15, 0.2) is 43.0 Å². The second-order valence-corrected chi connectivity index (χ2v) is 5.77. The Balaban J connectivity index is 1.78. The van der Waals surface area contributed by atoms with Gasteiger partial charge in [0, 0.05) is 12.5 Å². The normalized spacial score (nSPS) is 21.8. The van der Waals surface area contributed by atoms with Crippen LogP contribution in [0, 0.1) is 5.92 Å². The molecule has 0 radical (unpaired) electrons. The number of hydrogen-bond acceptors (Lipinski definition) is 2. The van der Waals surface area contributed by atoms with E-state index in [2.05, 4.69) is 30.8 Å². The number of rotatable bonds is 8. The van der Waals surface area contributed by atoms with Crippen LogP contribution in [0.25, 0.3) is 0 Å². The zero-order valence-corrected chi connectivity index (χ0v) is 12.6. The molecular formula is C18H25NO2. The number of unbranched alkanes of at least 4 members (excludes halogenated alkanes) is 1. The van der Waals surface area contributed by atoms with E-state index in [4.69, 9.17) is 0 Å². The van der Waals surface area contributed by atoms with Gasteiger partial charge in [-0.1, -0.05) is 36.4 Å². The molecule has 114 valence electrons. The average Bonchev–Trinajstić information content (AvgIpc) is 2.81. The molecular weight excluding hydrogens is 262 g/mol. The van der Waals surface area contributed by atoms with Crippen molar-refractivity contribution in [1.82, 2.24) is 4.90 Å². The van der Waals surface area contributed by atoms with Gasteiger partial charge in [-0.2, -0.15) is 0 Å². The number of carbonyl (C=O) groups is 1. The molecule has 1 N–H and O–H groups in total. The summed E-state index contributed by atoms with van der Waals surface area (Å²) in [4.78, 5) is 14.2. The molecule has 1 aromatic rings. The molecule has 0 aliphatic carbocycles. The van der Waals surface area contributed by atoms with Crippen molar-refractivity contribution >= 4 is 5.91 Å². The lowest BCUT2D eigenvalue weighted by Gasteiger charge is -2.23. The zero-order valence-electron chi connectivity index (χ0n) is 12.6. The van der Waals surface area contributed by atoms with Crippen LogP contribution in [0.4, 0.5) is 0 Å². The van der Waals surface area contributed by atoms with Crippen molar-refractivity contribution < 1.29 is 9.90 Å². The van der Waals surface area contributed by atoms with Gasteiger partial charge >= 0.3 is 0 Å². The van der Waals surface area contributed by atoms with Crippen LogP contribution < -0.4 is 0 Å². The summed E-state index contributed by atoms with van der Waals surface area (Å²) in [5.74, 6) is 0.211. The highest BCUT2D eigenvalue weighted by Crippen LogP contribution is 2.27. The Kier molecular flexibility index (Phi) is 6.00. The molecule has 1 amide bonds. The number of aliphatic hydroxyl groups is 1. The maximum absolute atomic E-state index is 12.3. The molecule has 1 aliphatic heterocycles. The van der Waals surface area contributed by atoms with Crippen molar-refractivity contribution in [2.75, 3.05) is 13.2 Å². The fourth-order valence-electron chi connectivity index (χ4n) is 3.09. The van der Waals surface area contributed by atoms with E-state index in [-0.39, 0.29) is 24.5 Å². The largest absolute Gasteiger partial charge is 0.394 e. The molecule has 1 saturated heterocycles. The quantitative estimate of drug-likeness (QED) is 0.590. The van der Waals surface area contributed by atoms with Crippen LogP contribution in [-0.4, -0.2) is 35.1 Å². The zero-order chi connectivity index (χ0) is 15.1. The Morgan fingerprint density at radius 3 is 2.71 bits per heavy atom. The number of amides is 1.